The van der Waals surface area contributed by atoms with E-state index in [0.29, 0.717) is 0 Å². The van der Waals surface area contributed by atoms with Gasteiger partial charge in [0.05, 0.1) is 16.8 Å². The van der Waals surface area contributed by atoms with Gasteiger partial charge in [0.1, 0.15) is 0 Å². The lowest BCUT2D eigenvalue weighted by Gasteiger charge is -2.07. The molecular formula is C9H10BrClO3S. The van der Waals surface area contributed by atoms with Gasteiger partial charge >= 0.3 is 0 Å². The Balaban J connectivity index is 2.91. The zero-order valence-electron chi connectivity index (χ0n) is 7.73. The van der Waals surface area contributed by atoms with Crippen molar-refractivity contribution in [2.24, 2.45) is 0 Å². The van der Waals surface area contributed by atoms with Gasteiger partial charge in [-0.05, 0) is 24.3 Å². The summed E-state index contributed by atoms with van der Waals surface area (Å²) in [6, 6.07) is 6.25. The minimum atomic E-state index is -3.44. The zero-order valence-corrected chi connectivity index (χ0v) is 10.9. The first kappa shape index (κ1) is 13.0. The maximum atomic E-state index is 11.7. The number of sulfone groups is 1. The third-order valence-electron chi connectivity index (χ3n) is 1.76. The van der Waals surface area contributed by atoms with Crippen molar-refractivity contribution in [3.8, 4) is 0 Å². The number of hydrogen-bond donors (Lipinski definition) is 1. The molecule has 0 radical (unpaired) electrons. The summed E-state index contributed by atoms with van der Waals surface area (Å²) in [5.41, 5.74) is 0. The SMILES string of the molecule is O=S(=O)(CC(O)CCl)c1ccc(Br)cc1. The lowest BCUT2D eigenvalue weighted by molar-refractivity contribution is 0.221. The zero-order chi connectivity index (χ0) is 11.5. The Morgan fingerprint density at radius 3 is 2.33 bits per heavy atom. The van der Waals surface area contributed by atoms with Crippen molar-refractivity contribution in [3.05, 3.63) is 28.7 Å². The van der Waals surface area contributed by atoms with Crippen molar-refractivity contribution in [2.75, 3.05) is 11.6 Å². The molecule has 1 atom stereocenters. The predicted molar refractivity (Wildman–Crippen MR) is 62.9 cm³/mol. The highest BCUT2D eigenvalue weighted by Crippen LogP contribution is 2.16. The smallest absolute Gasteiger partial charge is 0.180 e. The van der Waals surface area contributed by atoms with E-state index in [2.05, 4.69) is 15.9 Å². The molecule has 1 aromatic carbocycles. The summed E-state index contributed by atoms with van der Waals surface area (Å²) in [4.78, 5) is 0.190. The van der Waals surface area contributed by atoms with Crippen LogP contribution in [0.5, 0.6) is 0 Å². The van der Waals surface area contributed by atoms with Crippen LogP contribution in [0.15, 0.2) is 33.6 Å². The molecule has 0 bridgehead atoms. The fraction of sp³-hybridized carbons (Fsp3) is 0.333. The van der Waals surface area contributed by atoms with Crippen LogP contribution in [0, 0.1) is 0 Å². The highest BCUT2D eigenvalue weighted by atomic mass is 79.9. The molecule has 0 aromatic heterocycles. The van der Waals surface area contributed by atoms with E-state index in [9.17, 15) is 13.5 Å². The molecule has 6 heteroatoms. The van der Waals surface area contributed by atoms with Crippen molar-refractivity contribution >= 4 is 37.4 Å². The summed E-state index contributed by atoms with van der Waals surface area (Å²) < 4.78 is 24.2. The summed E-state index contributed by atoms with van der Waals surface area (Å²) in [5, 5.41) is 9.19. The Morgan fingerprint density at radius 1 is 1.33 bits per heavy atom. The molecule has 0 aliphatic rings. The summed E-state index contributed by atoms with van der Waals surface area (Å²) in [6.45, 7) is 0. The van der Waals surface area contributed by atoms with Gasteiger partial charge in [-0.3, -0.25) is 0 Å². The molecule has 1 rings (SSSR count). The van der Waals surface area contributed by atoms with Gasteiger partial charge in [-0.15, -0.1) is 11.6 Å². The molecule has 1 N–H and O–H groups in total. The van der Waals surface area contributed by atoms with E-state index >= 15 is 0 Å². The van der Waals surface area contributed by atoms with Crippen molar-refractivity contribution in [1.29, 1.82) is 0 Å². The highest BCUT2D eigenvalue weighted by Gasteiger charge is 2.18. The van der Waals surface area contributed by atoms with Crippen LogP contribution < -0.4 is 0 Å². The van der Waals surface area contributed by atoms with Crippen LogP contribution in [0.2, 0.25) is 0 Å². The molecule has 0 aliphatic carbocycles. The lowest BCUT2D eigenvalue weighted by Crippen LogP contribution is -2.22. The standard InChI is InChI=1S/C9H10BrClO3S/c10-7-1-3-9(4-2-7)15(13,14)6-8(12)5-11/h1-4,8,12H,5-6H2. The van der Waals surface area contributed by atoms with Crippen LogP contribution in [0.25, 0.3) is 0 Å². The van der Waals surface area contributed by atoms with Crippen LogP contribution in [0.3, 0.4) is 0 Å². The third-order valence-corrected chi connectivity index (χ3v) is 4.46. The minimum Gasteiger partial charge on any atom is -0.391 e. The number of aliphatic hydroxyl groups excluding tert-OH is 1. The molecule has 0 spiro atoms. The molecule has 0 heterocycles. The van der Waals surface area contributed by atoms with Crippen molar-refractivity contribution < 1.29 is 13.5 Å². The van der Waals surface area contributed by atoms with Crippen molar-refractivity contribution in [3.63, 3.8) is 0 Å². The average molecular weight is 314 g/mol. The predicted octanol–water partition coefficient (Wildman–Crippen LogP) is 1.82. The number of rotatable bonds is 4. The van der Waals surface area contributed by atoms with E-state index < -0.39 is 15.9 Å². The number of benzene rings is 1. The molecule has 0 aliphatic heterocycles. The summed E-state index contributed by atoms with van der Waals surface area (Å²) in [6.07, 6.45) is -1.03. The normalized spacial score (nSPS) is 13.8. The second-order valence-electron chi connectivity index (χ2n) is 3.04. The van der Waals surface area contributed by atoms with Crippen molar-refractivity contribution in [2.45, 2.75) is 11.0 Å². The average Bonchev–Trinajstić information content (AvgIpc) is 2.17. The topological polar surface area (TPSA) is 54.4 Å². The largest absolute Gasteiger partial charge is 0.391 e. The number of hydrogen-bond acceptors (Lipinski definition) is 3. The van der Waals surface area contributed by atoms with Crippen LogP contribution >= 0.6 is 27.5 Å². The second kappa shape index (κ2) is 5.30. The first-order chi connectivity index (χ1) is 6.95. The van der Waals surface area contributed by atoms with Gasteiger partial charge in [0.2, 0.25) is 0 Å². The van der Waals surface area contributed by atoms with E-state index in [1.54, 1.807) is 12.1 Å². The van der Waals surface area contributed by atoms with E-state index in [-0.39, 0.29) is 16.5 Å². The molecule has 1 aromatic rings. The van der Waals surface area contributed by atoms with Gasteiger partial charge < -0.3 is 5.11 Å². The van der Waals surface area contributed by atoms with Gasteiger partial charge in [0.15, 0.2) is 9.84 Å². The van der Waals surface area contributed by atoms with E-state index in [1.807, 2.05) is 0 Å². The minimum absolute atomic E-state index is 0.0875. The Morgan fingerprint density at radius 2 is 1.87 bits per heavy atom. The summed E-state index contributed by atoms with van der Waals surface area (Å²) in [7, 11) is -3.44. The highest BCUT2D eigenvalue weighted by molar-refractivity contribution is 9.10. The Kier molecular flexibility index (Phi) is 4.58. The van der Waals surface area contributed by atoms with Crippen molar-refractivity contribution in [1.82, 2.24) is 0 Å². The molecule has 0 saturated heterocycles. The molecule has 3 nitrogen and oxygen atoms in total. The monoisotopic (exact) mass is 312 g/mol. The Bertz CT molecular complexity index is 415. The van der Waals surface area contributed by atoms with Crippen LogP contribution in [0.4, 0.5) is 0 Å². The Hall–Kier alpha value is -0.100. The van der Waals surface area contributed by atoms with E-state index in [4.69, 9.17) is 11.6 Å². The van der Waals surface area contributed by atoms with E-state index in [0.717, 1.165) is 4.47 Å². The molecule has 0 fully saturated rings. The number of aliphatic hydroxyl groups is 1. The molecule has 1 unspecified atom stereocenters. The first-order valence-electron chi connectivity index (χ1n) is 4.18. The number of alkyl halides is 1. The second-order valence-corrected chi connectivity index (χ2v) is 6.30. The summed E-state index contributed by atoms with van der Waals surface area (Å²) in [5.74, 6) is -0.437. The molecular weight excluding hydrogens is 304 g/mol. The maximum Gasteiger partial charge on any atom is 0.180 e. The first-order valence-corrected chi connectivity index (χ1v) is 7.16. The van der Waals surface area contributed by atoms with Crippen LogP contribution in [0.1, 0.15) is 0 Å². The molecule has 0 saturated carbocycles. The molecule has 0 amide bonds. The number of halogens is 2. The Labute approximate surface area is 102 Å². The molecule has 84 valence electrons. The maximum absolute atomic E-state index is 11.7. The fourth-order valence-corrected chi connectivity index (χ4v) is 2.91. The quantitative estimate of drug-likeness (QED) is 0.863. The van der Waals surface area contributed by atoms with Gasteiger partial charge in [0, 0.05) is 10.4 Å². The van der Waals surface area contributed by atoms with Crippen LogP contribution in [-0.2, 0) is 9.84 Å². The van der Waals surface area contributed by atoms with Crippen LogP contribution in [-0.4, -0.2) is 31.3 Å². The van der Waals surface area contributed by atoms with Gasteiger partial charge in [0.25, 0.3) is 0 Å². The third kappa shape index (κ3) is 3.75. The summed E-state index contributed by atoms with van der Waals surface area (Å²) >= 11 is 8.56. The van der Waals surface area contributed by atoms with E-state index in [1.165, 1.54) is 12.1 Å². The molecule has 15 heavy (non-hydrogen) atoms. The lowest BCUT2D eigenvalue weighted by atomic mass is 10.4. The van der Waals surface area contributed by atoms with Gasteiger partial charge in [-0.25, -0.2) is 8.42 Å². The van der Waals surface area contributed by atoms with Gasteiger partial charge in [-0.1, -0.05) is 15.9 Å². The van der Waals surface area contributed by atoms with Gasteiger partial charge in [-0.2, -0.15) is 0 Å². The fourth-order valence-electron chi connectivity index (χ4n) is 1.04.